The molecule has 1 atom stereocenters. The number of benzene rings is 2. The van der Waals surface area contributed by atoms with Crippen molar-refractivity contribution in [2.75, 3.05) is 18.7 Å². The van der Waals surface area contributed by atoms with Gasteiger partial charge in [0, 0.05) is 24.3 Å². The summed E-state index contributed by atoms with van der Waals surface area (Å²) in [5.74, 6) is 0.900. The molecule has 0 aromatic heterocycles. The van der Waals surface area contributed by atoms with Gasteiger partial charge < -0.3 is 19.1 Å². The van der Waals surface area contributed by atoms with Gasteiger partial charge in [-0.15, -0.1) is 0 Å². The molecule has 0 saturated heterocycles. The number of methoxy groups -OCH3 is 1. The molecule has 7 nitrogen and oxygen atoms in total. The van der Waals surface area contributed by atoms with Crippen LogP contribution in [0.15, 0.2) is 48.5 Å². The Balaban J connectivity index is 2.13. The Hall–Kier alpha value is -2.74. The molecule has 0 aliphatic carbocycles. The van der Waals surface area contributed by atoms with Gasteiger partial charge in [-0.2, -0.15) is 8.42 Å². The number of hydrogen-bond acceptors (Lipinski definition) is 5. The molecule has 0 bridgehead atoms. The van der Waals surface area contributed by atoms with Gasteiger partial charge in [0.1, 0.15) is 11.5 Å². The van der Waals surface area contributed by atoms with E-state index in [0.717, 1.165) is 18.2 Å². The van der Waals surface area contributed by atoms with E-state index in [1.54, 1.807) is 48.4 Å². The lowest BCUT2D eigenvalue weighted by Gasteiger charge is -2.29. The van der Waals surface area contributed by atoms with Gasteiger partial charge in [0.2, 0.25) is 0 Å². The van der Waals surface area contributed by atoms with Crippen LogP contribution in [0.3, 0.4) is 0 Å². The van der Waals surface area contributed by atoms with Crippen molar-refractivity contribution >= 4 is 21.8 Å². The van der Waals surface area contributed by atoms with Crippen molar-refractivity contribution in [1.82, 2.24) is 4.90 Å². The van der Waals surface area contributed by atoms with E-state index in [4.69, 9.17) is 8.92 Å². The predicted octanol–water partition coefficient (Wildman–Crippen LogP) is 3.87. The summed E-state index contributed by atoms with van der Waals surface area (Å²) in [5, 5.41) is 2.90. The molecule has 0 aliphatic rings. The molecule has 0 radical (unpaired) electrons. The molecule has 152 valence electrons. The summed E-state index contributed by atoms with van der Waals surface area (Å²) in [7, 11) is -2.00. The van der Waals surface area contributed by atoms with Gasteiger partial charge >= 0.3 is 16.1 Å². The van der Waals surface area contributed by atoms with Gasteiger partial charge in [-0.05, 0) is 43.2 Å². The minimum atomic E-state index is -3.57. The molecular formula is C20H26N2O5S. The summed E-state index contributed by atoms with van der Waals surface area (Å²) in [6, 6.07) is 13.6. The quantitative estimate of drug-likeness (QED) is 0.673. The molecule has 0 saturated carbocycles. The first-order valence-corrected chi connectivity index (χ1v) is 10.7. The summed E-state index contributed by atoms with van der Waals surface area (Å²) < 4.78 is 32.4. The number of urea groups is 1. The zero-order valence-electron chi connectivity index (χ0n) is 16.5. The minimum Gasteiger partial charge on any atom is -0.497 e. The molecule has 0 fully saturated rings. The van der Waals surface area contributed by atoms with E-state index in [-0.39, 0.29) is 17.8 Å². The van der Waals surface area contributed by atoms with Crippen LogP contribution >= 0.6 is 0 Å². The summed E-state index contributed by atoms with van der Waals surface area (Å²) in [6.07, 6.45) is 1.79. The van der Waals surface area contributed by atoms with Gasteiger partial charge in [-0.25, -0.2) is 4.79 Å². The van der Waals surface area contributed by atoms with Crippen LogP contribution in [-0.2, 0) is 16.7 Å². The highest BCUT2D eigenvalue weighted by Crippen LogP contribution is 2.20. The standard InChI is InChI=1S/C20H26N2O5S/c1-5-15(2)22(20(23)21-17-7-6-8-19(13-17)26-3)14-16-9-11-18(12-10-16)27-28(4,24)25/h6-13,15H,5,14H2,1-4H3,(H,21,23)/t15-/m0/s1. The third-order valence-corrected chi connectivity index (χ3v) is 4.72. The normalized spacial score (nSPS) is 12.1. The Kier molecular flexibility index (Phi) is 7.28. The Morgan fingerprint density at radius 1 is 1.14 bits per heavy atom. The van der Waals surface area contributed by atoms with Crippen LogP contribution in [0.1, 0.15) is 25.8 Å². The fourth-order valence-electron chi connectivity index (χ4n) is 2.57. The summed E-state index contributed by atoms with van der Waals surface area (Å²) in [5.41, 5.74) is 1.51. The van der Waals surface area contributed by atoms with Gasteiger partial charge in [0.15, 0.2) is 0 Å². The molecule has 0 heterocycles. The number of nitrogens with one attached hydrogen (secondary N) is 1. The second-order valence-electron chi connectivity index (χ2n) is 6.48. The number of rotatable bonds is 8. The third kappa shape index (κ3) is 6.45. The first kappa shape index (κ1) is 21.6. The minimum absolute atomic E-state index is 0.0116. The maximum Gasteiger partial charge on any atom is 0.322 e. The average molecular weight is 407 g/mol. The third-order valence-electron chi connectivity index (χ3n) is 4.23. The molecule has 2 aromatic rings. The van der Waals surface area contributed by atoms with Crippen LogP contribution in [0.4, 0.5) is 10.5 Å². The topological polar surface area (TPSA) is 84.9 Å². The number of ether oxygens (including phenoxy) is 1. The molecule has 0 unspecified atom stereocenters. The van der Waals surface area contributed by atoms with Crippen molar-refractivity contribution < 1.29 is 22.1 Å². The van der Waals surface area contributed by atoms with Crippen molar-refractivity contribution in [3.63, 3.8) is 0 Å². The Bertz CT molecular complexity index is 897. The van der Waals surface area contributed by atoms with Gasteiger partial charge in [0.05, 0.1) is 13.4 Å². The van der Waals surface area contributed by atoms with Crippen LogP contribution in [0.2, 0.25) is 0 Å². The SMILES string of the molecule is CC[C@H](C)N(Cc1ccc(OS(C)(=O)=O)cc1)C(=O)Nc1cccc(OC)c1. The molecule has 2 amide bonds. The van der Waals surface area contributed by atoms with Crippen molar-refractivity contribution in [3.8, 4) is 11.5 Å². The summed E-state index contributed by atoms with van der Waals surface area (Å²) >= 11 is 0. The molecule has 8 heteroatoms. The van der Waals surface area contributed by atoms with Crippen LogP contribution in [0.25, 0.3) is 0 Å². The van der Waals surface area contributed by atoms with E-state index in [1.807, 2.05) is 26.0 Å². The predicted molar refractivity (Wildman–Crippen MR) is 109 cm³/mol. The van der Waals surface area contributed by atoms with Gasteiger partial charge in [-0.1, -0.05) is 25.1 Å². The number of hydrogen-bond donors (Lipinski definition) is 1. The van der Waals surface area contributed by atoms with E-state index in [1.165, 1.54) is 0 Å². The largest absolute Gasteiger partial charge is 0.497 e. The highest BCUT2D eigenvalue weighted by atomic mass is 32.2. The van der Waals surface area contributed by atoms with E-state index >= 15 is 0 Å². The summed E-state index contributed by atoms with van der Waals surface area (Å²) in [6.45, 7) is 4.37. The van der Waals surface area contributed by atoms with Crippen LogP contribution < -0.4 is 14.2 Å². The maximum absolute atomic E-state index is 12.8. The first-order valence-electron chi connectivity index (χ1n) is 8.92. The number of carbonyl (C=O) groups excluding carboxylic acids is 1. The smallest absolute Gasteiger partial charge is 0.322 e. The molecule has 2 aromatic carbocycles. The fourth-order valence-corrected chi connectivity index (χ4v) is 3.03. The molecule has 1 N–H and O–H groups in total. The Morgan fingerprint density at radius 2 is 1.82 bits per heavy atom. The molecular weight excluding hydrogens is 380 g/mol. The van der Waals surface area contributed by atoms with E-state index in [2.05, 4.69) is 5.32 Å². The first-order chi connectivity index (χ1) is 13.2. The number of amides is 2. The van der Waals surface area contributed by atoms with Gasteiger partial charge in [-0.3, -0.25) is 0 Å². The number of nitrogens with zero attached hydrogens (tertiary/aromatic N) is 1. The van der Waals surface area contributed by atoms with Crippen LogP contribution in [-0.4, -0.2) is 38.8 Å². The average Bonchev–Trinajstić information content (AvgIpc) is 2.65. The lowest BCUT2D eigenvalue weighted by molar-refractivity contribution is 0.187. The Labute approximate surface area is 166 Å². The molecule has 0 aliphatic heterocycles. The van der Waals surface area contributed by atoms with E-state index < -0.39 is 10.1 Å². The zero-order valence-corrected chi connectivity index (χ0v) is 17.3. The molecule has 28 heavy (non-hydrogen) atoms. The maximum atomic E-state index is 12.8. The zero-order chi connectivity index (χ0) is 20.7. The second-order valence-corrected chi connectivity index (χ2v) is 8.05. The van der Waals surface area contributed by atoms with Crippen molar-refractivity contribution in [1.29, 1.82) is 0 Å². The van der Waals surface area contributed by atoms with Gasteiger partial charge in [0.25, 0.3) is 0 Å². The fraction of sp³-hybridized carbons (Fsp3) is 0.350. The lowest BCUT2D eigenvalue weighted by atomic mass is 10.1. The number of carbonyl (C=O) groups is 1. The number of anilines is 1. The van der Waals surface area contributed by atoms with E-state index in [0.29, 0.717) is 18.0 Å². The highest BCUT2D eigenvalue weighted by molar-refractivity contribution is 7.86. The van der Waals surface area contributed by atoms with Crippen LogP contribution in [0.5, 0.6) is 11.5 Å². The van der Waals surface area contributed by atoms with Crippen LogP contribution in [0, 0.1) is 0 Å². The highest BCUT2D eigenvalue weighted by Gasteiger charge is 2.20. The summed E-state index contributed by atoms with van der Waals surface area (Å²) in [4.78, 5) is 14.6. The molecule has 0 spiro atoms. The van der Waals surface area contributed by atoms with Crippen molar-refractivity contribution in [2.24, 2.45) is 0 Å². The van der Waals surface area contributed by atoms with Crippen molar-refractivity contribution in [3.05, 3.63) is 54.1 Å². The van der Waals surface area contributed by atoms with E-state index in [9.17, 15) is 13.2 Å². The second kappa shape index (κ2) is 9.45. The lowest BCUT2D eigenvalue weighted by Crippen LogP contribution is -2.40. The molecule has 2 rings (SSSR count). The monoisotopic (exact) mass is 406 g/mol. The Morgan fingerprint density at radius 3 is 2.39 bits per heavy atom. The van der Waals surface area contributed by atoms with Crippen molar-refractivity contribution in [2.45, 2.75) is 32.9 Å².